The number of pyridine rings is 1. The molecule has 1 amide bonds. The zero-order chi connectivity index (χ0) is 15.4. The molecule has 2 rings (SSSR count). The van der Waals surface area contributed by atoms with Crippen LogP contribution in [0.4, 0.5) is 0 Å². The Morgan fingerprint density at radius 2 is 2.29 bits per heavy atom. The first-order valence-electron chi connectivity index (χ1n) is 6.61. The van der Waals surface area contributed by atoms with E-state index in [-0.39, 0.29) is 18.2 Å². The summed E-state index contributed by atoms with van der Waals surface area (Å²) in [6, 6.07) is 3.43. The molecule has 0 aromatic carbocycles. The van der Waals surface area contributed by atoms with E-state index in [4.69, 9.17) is 6.42 Å². The van der Waals surface area contributed by atoms with Gasteiger partial charge in [-0.15, -0.1) is 6.42 Å². The molecule has 21 heavy (non-hydrogen) atoms. The molecule has 1 N–H and O–H groups in total. The largest absolute Gasteiger partial charge is 0.340 e. The van der Waals surface area contributed by atoms with E-state index in [9.17, 15) is 9.59 Å². The Kier molecular flexibility index (Phi) is 4.33. The predicted molar refractivity (Wildman–Crippen MR) is 79.8 cm³/mol. The van der Waals surface area contributed by atoms with E-state index >= 15 is 0 Å². The zero-order valence-electron chi connectivity index (χ0n) is 12.0. The third-order valence-corrected chi connectivity index (χ3v) is 2.82. The Morgan fingerprint density at radius 3 is 2.95 bits per heavy atom. The molecule has 2 aromatic heterocycles. The van der Waals surface area contributed by atoms with Crippen LogP contribution in [-0.4, -0.2) is 27.0 Å². The molecular weight excluding hydrogens is 268 g/mol. The molecule has 0 spiro atoms. The van der Waals surface area contributed by atoms with Crippen molar-refractivity contribution in [1.29, 1.82) is 0 Å². The van der Waals surface area contributed by atoms with E-state index in [1.807, 2.05) is 13.8 Å². The lowest BCUT2D eigenvalue weighted by Gasteiger charge is -2.12. The van der Waals surface area contributed by atoms with Crippen LogP contribution < -0.4 is 10.9 Å². The summed E-state index contributed by atoms with van der Waals surface area (Å²) in [5, 5.41) is 2.46. The maximum Gasteiger partial charge on any atom is 0.283 e. The number of carbonyl (C=O) groups excluding carboxylic acids is 1. The van der Waals surface area contributed by atoms with Crippen molar-refractivity contribution >= 4 is 17.1 Å². The first-order valence-corrected chi connectivity index (χ1v) is 6.61. The second-order valence-corrected chi connectivity index (χ2v) is 5.00. The van der Waals surface area contributed by atoms with E-state index in [0.717, 1.165) is 0 Å². The quantitative estimate of drug-likeness (QED) is 0.843. The van der Waals surface area contributed by atoms with Crippen LogP contribution in [0.1, 0.15) is 24.3 Å². The van der Waals surface area contributed by atoms with Crippen molar-refractivity contribution in [2.24, 2.45) is 5.92 Å². The Bertz CT molecular complexity index is 771. The predicted octanol–water partition coefficient (Wildman–Crippen LogP) is 0.811. The lowest BCUT2D eigenvalue weighted by Crippen LogP contribution is -2.35. The van der Waals surface area contributed by atoms with E-state index in [0.29, 0.717) is 17.7 Å². The van der Waals surface area contributed by atoms with Crippen LogP contribution in [0.25, 0.3) is 11.2 Å². The number of hydrogen-bond acceptors (Lipinski definition) is 4. The molecule has 0 fully saturated rings. The van der Waals surface area contributed by atoms with E-state index in [1.54, 1.807) is 18.3 Å². The van der Waals surface area contributed by atoms with Gasteiger partial charge in [-0.25, -0.2) is 9.97 Å². The molecule has 6 nitrogen and oxygen atoms in total. The van der Waals surface area contributed by atoms with Gasteiger partial charge in [0, 0.05) is 12.7 Å². The summed E-state index contributed by atoms with van der Waals surface area (Å²) in [7, 11) is 0. The Balaban J connectivity index is 2.62. The molecule has 0 aliphatic rings. The summed E-state index contributed by atoms with van der Waals surface area (Å²) in [4.78, 5) is 32.8. The number of aromatic nitrogens is 3. The SMILES string of the molecule is C#CCNC(=O)c1nc2cccnc2n(CC(C)C)c1=O. The minimum Gasteiger partial charge on any atom is -0.340 e. The molecule has 0 atom stereocenters. The molecule has 6 heteroatoms. The number of terminal acetylenes is 1. The summed E-state index contributed by atoms with van der Waals surface area (Å²) < 4.78 is 1.48. The van der Waals surface area contributed by atoms with Crippen molar-refractivity contribution in [3.63, 3.8) is 0 Å². The van der Waals surface area contributed by atoms with Gasteiger partial charge >= 0.3 is 0 Å². The maximum absolute atomic E-state index is 12.5. The summed E-state index contributed by atoms with van der Waals surface area (Å²) in [5.41, 5.74) is 0.365. The topological polar surface area (TPSA) is 76.9 Å². The lowest BCUT2D eigenvalue weighted by molar-refractivity contribution is 0.0951. The number of nitrogens with one attached hydrogen (secondary N) is 1. The zero-order valence-corrected chi connectivity index (χ0v) is 12.0. The number of nitrogens with zero attached hydrogens (tertiary/aromatic N) is 3. The Morgan fingerprint density at radius 1 is 1.52 bits per heavy atom. The van der Waals surface area contributed by atoms with Crippen LogP contribution in [0.3, 0.4) is 0 Å². The summed E-state index contributed by atoms with van der Waals surface area (Å²) in [6.45, 7) is 4.49. The van der Waals surface area contributed by atoms with Gasteiger partial charge in [0.15, 0.2) is 11.3 Å². The fourth-order valence-corrected chi connectivity index (χ4v) is 1.97. The van der Waals surface area contributed by atoms with Crippen LogP contribution in [-0.2, 0) is 6.54 Å². The lowest BCUT2D eigenvalue weighted by atomic mass is 10.2. The van der Waals surface area contributed by atoms with Gasteiger partial charge in [0.2, 0.25) is 0 Å². The Labute approximate surface area is 122 Å². The number of hydrogen-bond donors (Lipinski definition) is 1. The van der Waals surface area contributed by atoms with Gasteiger partial charge < -0.3 is 5.32 Å². The average molecular weight is 284 g/mol. The van der Waals surface area contributed by atoms with Gasteiger partial charge in [-0.2, -0.15) is 0 Å². The molecule has 0 aliphatic heterocycles. The van der Waals surface area contributed by atoms with Crippen LogP contribution in [0.15, 0.2) is 23.1 Å². The summed E-state index contributed by atoms with van der Waals surface area (Å²) >= 11 is 0. The monoisotopic (exact) mass is 284 g/mol. The van der Waals surface area contributed by atoms with Gasteiger partial charge in [-0.3, -0.25) is 14.2 Å². The second-order valence-electron chi connectivity index (χ2n) is 5.00. The minimum atomic E-state index is -0.568. The van der Waals surface area contributed by atoms with E-state index in [1.165, 1.54) is 4.57 Å². The van der Waals surface area contributed by atoms with Crippen LogP contribution in [0, 0.1) is 18.3 Å². The highest BCUT2D eigenvalue weighted by atomic mass is 16.2. The number of carbonyl (C=O) groups is 1. The molecule has 108 valence electrons. The average Bonchev–Trinajstić information content (AvgIpc) is 2.47. The van der Waals surface area contributed by atoms with Crippen LogP contribution in [0.2, 0.25) is 0 Å². The van der Waals surface area contributed by atoms with Gasteiger partial charge in [0.05, 0.1) is 6.54 Å². The molecule has 0 bridgehead atoms. The molecule has 0 saturated heterocycles. The van der Waals surface area contributed by atoms with Gasteiger partial charge in [-0.05, 0) is 18.1 Å². The van der Waals surface area contributed by atoms with Crippen molar-refractivity contribution < 1.29 is 4.79 Å². The summed E-state index contributed by atoms with van der Waals surface area (Å²) in [5.74, 6) is 1.96. The van der Waals surface area contributed by atoms with Crippen molar-refractivity contribution in [2.45, 2.75) is 20.4 Å². The standard InChI is InChI=1S/C15H16N4O2/c1-4-7-17-14(20)12-15(21)19(9-10(2)3)13-11(18-12)6-5-8-16-13/h1,5-6,8,10H,7,9H2,2-3H3,(H,17,20). The highest BCUT2D eigenvalue weighted by Crippen LogP contribution is 2.09. The van der Waals surface area contributed by atoms with Gasteiger partial charge in [-0.1, -0.05) is 19.8 Å². The molecule has 0 saturated carbocycles. The highest BCUT2D eigenvalue weighted by molar-refractivity contribution is 5.93. The number of amides is 1. The molecule has 0 aliphatic carbocycles. The van der Waals surface area contributed by atoms with E-state index in [2.05, 4.69) is 21.2 Å². The van der Waals surface area contributed by atoms with E-state index < -0.39 is 11.5 Å². The first kappa shape index (κ1) is 14.7. The van der Waals surface area contributed by atoms with Gasteiger partial charge in [0.1, 0.15) is 5.52 Å². The number of fused-ring (bicyclic) bond motifs is 1. The number of rotatable bonds is 4. The van der Waals surface area contributed by atoms with Crippen LogP contribution in [0.5, 0.6) is 0 Å². The highest BCUT2D eigenvalue weighted by Gasteiger charge is 2.18. The Hall–Kier alpha value is -2.68. The summed E-state index contributed by atoms with van der Waals surface area (Å²) in [6.07, 6.45) is 6.70. The van der Waals surface area contributed by atoms with Crippen molar-refractivity contribution in [3.8, 4) is 12.3 Å². The minimum absolute atomic E-state index is 0.0508. The van der Waals surface area contributed by atoms with Crippen LogP contribution >= 0.6 is 0 Å². The molecule has 2 heterocycles. The molecule has 0 unspecified atom stereocenters. The normalized spacial score (nSPS) is 10.6. The van der Waals surface area contributed by atoms with Crippen molar-refractivity contribution in [2.75, 3.05) is 6.54 Å². The third-order valence-electron chi connectivity index (χ3n) is 2.82. The van der Waals surface area contributed by atoms with Crippen molar-refractivity contribution in [3.05, 3.63) is 34.4 Å². The third kappa shape index (κ3) is 3.08. The fourth-order valence-electron chi connectivity index (χ4n) is 1.97. The second kappa shape index (κ2) is 6.18. The molecule has 0 radical (unpaired) electrons. The molecule has 2 aromatic rings. The maximum atomic E-state index is 12.5. The smallest absolute Gasteiger partial charge is 0.283 e. The van der Waals surface area contributed by atoms with Gasteiger partial charge in [0.25, 0.3) is 11.5 Å². The molecular formula is C15H16N4O2. The first-order chi connectivity index (χ1) is 10.0. The van der Waals surface area contributed by atoms with Crippen molar-refractivity contribution in [1.82, 2.24) is 19.9 Å². The fraction of sp³-hybridized carbons (Fsp3) is 0.333.